The van der Waals surface area contributed by atoms with Gasteiger partial charge in [0.2, 0.25) is 5.91 Å². The van der Waals surface area contributed by atoms with Crippen molar-refractivity contribution in [3.63, 3.8) is 0 Å². The van der Waals surface area contributed by atoms with E-state index in [-0.39, 0.29) is 24.7 Å². The van der Waals surface area contributed by atoms with E-state index in [0.29, 0.717) is 13.0 Å². The Balaban J connectivity index is 1.79. The molecule has 2 rings (SSSR count). The summed E-state index contributed by atoms with van der Waals surface area (Å²) in [7, 11) is 0. The number of amides is 1. The lowest BCUT2D eigenvalue weighted by atomic mass is 10.2. The van der Waals surface area contributed by atoms with Gasteiger partial charge in [0.25, 0.3) is 0 Å². The third-order valence-electron chi connectivity index (χ3n) is 3.63. The molecule has 0 bridgehead atoms. The number of hydrogen-bond acceptors (Lipinski definition) is 4. The lowest BCUT2D eigenvalue weighted by Gasteiger charge is -2.20. The van der Waals surface area contributed by atoms with Crippen molar-refractivity contribution in [3.05, 3.63) is 29.8 Å². The highest BCUT2D eigenvalue weighted by molar-refractivity contribution is 5.80. The Bertz CT molecular complexity index is 551. The molecule has 1 aromatic rings. The molecule has 1 heterocycles. The van der Waals surface area contributed by atoms with Gasteiger partial charge in [0, 0.05) is 6.54 Å². The molecular formula is C15H18F2N2O4. The van der Waals surface area contributed by atoms with Crippen molar-refractivity contribution >= 4 is 11.9 Å². The third kappa shape index (κ3) is 5.17. The second-order valence-corrected chi connectivity index (χ2v) is 5.27. The van der Waals surface area contributed by atoms with Gasteiger partial charge in [-0.15, -0.1) is 0 Å². The van der Waals surface area contributed by atoms with Crippen LogP contribution in [0.5, 0.6) is 5.75 Å². The van der Waals surface area contributed by atoms with Gasteiger partial charge in [0.1, 0.15) is 11.8 Å². The predicted molar refractivity (Wildman–Crippen MR) is 77.2 cm³/mol. The van der Waals surface area contributed by atoms with Gasteiger partial charge in [0.05, 0.1) is 6.54 Å². The lowest BCUT2D eigenvalue weighted by Crippen LogP contribution is -2.42. The zero-order valence-corrected chi connectivity index (χ0v) is 12.4. The summed E-state index contributed by atoms with van der Waals surface area (Å²) >= 11 is 0. The van der Waals surface area contributed by atoms with Crippen molar-refractivity contribution in [1.29, 1.82) is 0 Å². The molecule has 23 heavy (non-hydrogen) atoms. The molecule has 1 saturated heterocycles. The zero-order valence-electron chi connectivity index (χ0n) is 12.4. The Kier molecular flexibility index (Phi) is 5.86. The zero-order chi connectivity index (χ0) is 16.8. The Labute approximate surface area is 132 Å². The Morgan fingerprint density at radius 2 is 2.04 bits per heavy atom. The lowest BCUT2D eigenvalue weighted by molar-refractivity contribution is -0.142. The smallest absolute Gasteiger partial charge is 0.387 e. The van der Waals surface area contributed by atoms with Crippen LogP contribution in [0.2, 0.25) is 0 Å². The molecular weight excluding hydrogens is 310 g/mol. The molecule has 1 aliphatic heterocycles. The maximum absolute atomic E-state index is 12.0. The molecule has 0 spiro atoms. The summed E-state index contributed by atoms with van der Waals surface area (Å²) in [5, 5.41) is 11.7. The van der Waals surface area contributed by atoms with E-state index in [1.807, 2.05) is 0 Å². The minimum atomic E-state index is -2.87. The van der Waals surface area contributed by atoms with Gasteiger partial charge in [-0.2, -0.15) is 8.78 Å². The van der Waals surface area contributed by atoms with E-state index in [2.05, 4.69) is 10.1 Å². The van der Waals surface area contributed by atoms with Crippen molar-refractivity contribution in [2.24, 2.45) is 0 Å². The van der Waals surface area contributed by atoms with Crippen LogP contribution in [-0.4, -0.2) is 47.6 Å². The largest absolute Gasteiger partial charge is 0.480 e. The fourth-order valence-corrected chi connectivity index (χ4v) is 2.52. The number of nitrogens with one attached hydrogen (secondary N) is 1. The molecule has 1 unspecified atom stereocenters. The fourth-order valence-electron chi connectivity index (χ4n) is 2.52. The van der Waals surface area contributed by atoms with Gasteiger partial charge in [-0.3, -0.25) is 14.5 Å². The average molecular weight is 328 g/mol. The molecule has 0 aliphatic carbocycles. The Morgan fingerprint density at radius 1 is 1.35 bits per heavy atom. The first-order chi connectivity index (χ1) is 11.0. The first kappa shape index (κ1) is 17.1. The number of carbonyl (C=O) groups is 2. The molecule has 8 heteroatoms. The first-order valence-electron chi connectivity index (χ1n) is 7.23. The Morgan fingerprint density at radius 3 is 2.65 bits per heavy atom. The number of carboxylic acid groups (broad SMARTS) is 1. The van der Waals surface area contributed by atoms with Gasteiger partial charge in [-0.1, -0.05) is 12.1 Å². The molecule has 6 nitrogen and oxygen atoms in total. The summed E-state index contributed by atoms with van der Waals surface area (Å²) in [5.41, 5.74) is 0.733. The number of rotatable bonds is 7. The van der Waals surface area contributed by atoms with Crippen LogP contribution in [0.1, 0.15) is 18.4 Å². The van der Waals surface area contributed by atoms with Crippen LogP contribution in [0.15, 0.2) is 24.3 Å². The number of aliphatic carboxylic acids is 1. The summed E-state index contributed by atoms with van der Waals surface area (Å²) in [4.78, 5) is 24.6. The number of carbonyl (C=O) groups excluding carboxylic acids is 1. The van der Waals surface area contributed by atoms with E-state index in [9.17, 15) is 18.4 Å². The second kappa shape index (κ2) is 7.87. The number of alkyl halides is 2. The van der Waals surface area contributed by atoms with Crippen LogP contribution < -0.4 is 10.1 Å². The molecule has 0 saturated carbocycles. The van der Waals surface area contributed by atoms with Gasteiger partial charge in [0.15, 0.2) is 0 Å². The molecule has 1 fully saturated rings. The monoisotopic (exact) mass is 328 g/mol. The highest BCUT2D eigenvalue weighted by atomic mass is 19.3. The maximum Gasteiger partial charge on any atom is 0.387 e. The van der Waals surface area contributed by atoms with E-state index < -0.39 is 18.6 Å². The van der Waals surface area contributed by atoms with Crippen molar-refractivity contribution in [1.82, 2.24) is 10.2 Å². The highest BCUT2D eigenvalue weighted by Gasteiger charge is 2.31. The quantitative estimate of drug-likeness (QED) is 0.792. The summed E-state index contributed by atoms with van der Waals surface area (Å²) in [5.74, 6) is -1.13. The minimum absolute atomic E-state index is 0.0313. The summed E-state index contributed by atoms with van der Waals surface area (Å²) < 4.78 is 28.3. The number of carboxylic acids is 1. The molecule has 0 aromatic heterocycles. The standard InChI is InChI=1S/C15H18F2N2O4/c16-15(17)23-11-5-3-10(4-6-11)8-18-13(20)9-19-7-1-2-12(19)14(21)22/h3-6,12,15H,1-2,7-9H2,(H,18,20)(H,21,22). The van der Waals surface area contributed by atoms with Crippen molar-refractivity contribution in [3.8, 4) is 5.75 Å². The number of halogens is 2. The minimum Gasteiger partial charge on any atom is -0.480 e. The van der Waals surface area contributed by atoms with E-state index in [1.165, 1.54) is 12.1 Å². The van der Waals surface area contributed by atoms with E-state index >= 15 is 0 Å². The second-order valence-electron chi connectivity index (χ2n) is 5.27. The Hall–Kier alpha value is -2.22. The summed E-state index contributed by atoms with van der Waals surface area (Å²) in [6.07, 6.45) is 1.31. The topological polar surface area (TPSA) is 78.9 Å². The van der Waals surface area contributed by atoms with E-state index in [1.54, 1.807) is 17.0 Å². The van der Waals surface area contributed by atoms with Gasteiger partial charge >= 0.3 is 12.6 Å². The van der Waals surface area contributed by atoms with Gasteiger partial charge in [-0.05, 0) is 37.1 Å². The van der Waals surface area contributed by atoms with Crippen molar-refractivity contribution in [2.45, 2.75) is 32.0 Å². The normalized spacial score (nSPS) is 18.1. The van der Waals surface area contributed by atoms with Gasteiger partial charge < -0.3 is 15.2 Å². The van der Waals surface area contributed by atoms with Crippen molar-refractivity contribution in [2.75, 3.05) is 13.1 Å². The SMILES string of the molecule is O=C(CN1CCCC1C(=O)O)NCc1ccc(OC(F)F)cc1. The summed E-state index contributed by atoms with van der Waals surface area (Å²) in [6.45, 7) is -2.02. The van der Waals surface area contributed by atoms with Crippen LogP contribution in [-0.2, 0) is 16.1 Å². The fraction of sp³-hybridized carbons (Fsp3) is 0.467. The highest BCUT2D eigenvalue weighted by Crippen LogP contribution is 2.17. The van der Waals surface area contributed by atoms with E-state index in [4.69, 9.17) is 5.11 Å². The molecule has 1 aromatic carbocycles. The number of benzene rings is 1. The first-order valence-corrected chi connectivity index (χ1v) is 7.23. The maximum atomic E-state index is 12.0. The molecule has 126 valence electrons. The van der Waals surface area contributed by atoms with Crippen LogP contribution in [0.3, 0.4) is 0 Å². The average Bonchev–Trinajstić information content (AvgIpc) is 2.94. The number of hydrogen-bond donors (Lipinski definition) is 2. The molecule has 0 radical (unpaired) electrons. The molecule has 1 amide bonds. The number of likely N-dealkylation sites (tertiary alicyclic amines) is 1. The van der Waals surface area contributed by atoms with Gasteiger partial charge in [-0.25, -0.2) is 0 Å². The number of nitrogens with zero attached hydrogens (tertiary/aromatic N) is 1. The third-order valence-corrected chi connectivity index (χ3v) is 3.63. The molecule has 2 N–H and O–H groups in total. The van der Waals surface area contributed by atoms with Crippen LogP contribution >= 0.6 is 0 Å². The van der Waals surface area contributed by atoms with Crippen LogP contribution in [0, 0.1) is 0 Å². The molecule has 1 aliphatic rings. The molecule has 1 atom stereocenters. The number of ether oxygens (including phenoxy) is 1. The van der Waals surface area contributed by atoms with Crippen molar-refractivity contribution < 1.29 is 28.2 Å². The predicted octanol–water partition coefficient (Wildman–Crippen LogP) is 1.45. The summed E-state index contributed by atoms with van der Waals surface area (Å²) in [6, 6.07) is 5.34. The van der Waals surface area contributed by atoms with E-state index in [0.717, 1.165) is 12.0 Å². The van der Waals surface area contributed by atoms with Crippen LogP contribution in [0.4, 0.5) is 8.78 Å². The van der Waals surface area contributed by atoms with Crippen LogP contribution in [0.25, 0.3) is 0 Å².